The number of hydrogen-bond donors (Lipinski definition) is 0. The summed E-state index contributed by atoms with van der Waals surface area (Å²) in [5, 5.41) is 8.39. The van der Waals surface area contributed by atoms with Crippen molar-refractivity contribution in [1.29, 1.82) is 0 Å². The third-order valence-electron chi connectivity index (χ3n) is 6.85. The second-order valence-corrected chi connectivity index (χ2v) is 15.2. The van der Waals surface area contributed by atoms with Crippen LogP contribution < -0.4 is 31.8 Å². The van der Waals surface area contributed by atoms with Gasteiger partial charge in [0.1, 0.15) is 0 Å². The molecule has 0 unspecified atom stereocenters. The summed E-state index contributed by atoms with van der Waals surface area (Å²) in [6.07, 6.45) is 11.1. The standard InChI is InChI=1S/2C18H15P.C5H5.C3H8S.Ru/c2*1-4-10-16(11-5-1)19(17-12-6-2-7-13-17)18-14-8-3-9-15-18;1-2-4-5-3-1;1-2-3-4;/h2*1-15H;1-5H;4H,2-3H2,1H3;/q;;;;+1/p-1. The number of benzene rings is 6. The van der Waals surface area contributed by atoms with Gasteiger partial charge in [0.15, 0.2) is 0 Å². The predicted octanol–water partition coefficient (Wildman–Crippen LogP) is 9.15. The van der Waals surface area contributed by atoms with E-state index in [1.165, 1.54) is 31.8 Å². The predicted molar refractivity (Wildman–Crippen MR) is 215 cm³/mol. The average molecular weight is 766 g/mol. The molecule has 0 spiro atoms. The van der Waals surface area contributed by atoms with Crippen LogP contribution in [0.2, 0.25) is 0 Å². The SMILES string of the molecule is CCC[S-].[CH]1C=CC=C1.[Ru+].c1ccc(P(c2ccccc2)c2ccccc2)cc1.c1ccc(P(c2ccccc2)c2ccccc2)cc1. The van der Waals surface area contributed by atoms with Gasteiger partial charge < -0.3 is 12.6 Å². The van der Waals surface area contributed by atoms with E-state index in [2.05, 4.69) is 202 Å². The minimum Gasteiger partial charge on any atom is -0.793 e. The van der Waals surface area contributed by atoms with Gasteiger partial charge in [0.2, 0.25) is 0 Å². The van der Waals surface area contributed by atoms with Crippen LogP contribution in [0.5, 0.6) is 0 Å². The van der Waals surface area contributed by atoms with Gasteiger partial charge in [-0.15, -0.1) is 0 Å². The first-order valence-corrected chi connectivity index (χ1v) is 19.2. The second-order valence-electron chi connectivity index (χ2n) is 10.4. The maximum absolute atomic E-state index is 4.55. The molecule has 1 aliphatic carbocycles. The molecule has 242 valence electrons. The fourth-order valence-corrected chi connectivity index (χ4v) is 9.29. The molecule has 0 heterocycles. The molecule has 0 atom stereocenters. The Hall–Kier alpha value is -3.37. The minimum atomic E-state index is -0.446. The van der Waals surface area contributed by atoms with Gasteiger partial charge in [-0.05, 0) is 47.7 Å². The van der Waals surface area contributed by atoms with Crippen LogP contribution in [0.4, 0.5) is 0 Å². The van der Waals surface area contributed by atoms with Crippen molar-refractivity contribution in [3.63, 3.8) is 0 Å². The normalized spacial score (nSPS) is 10.8. The van der Waals surface area contributed by atoms with Gasteiger partial charge in [0.25, 0.3) is 0 Å². The molecule has 0 nitrogen and oxygen atoms in total. The van der Waals surface area contributed by atoms with Crippen molar-refractivity contribution < 1.29 is 19.5 Å². The van der Waals surface area contributed by atoms with Gasteiger partial charge in [0.05, 0.1) is 0 Å². The van der Waals surface area contributed by atoms with Gasteiger partial charge in [0, 0.05) is 6.42 Å². The molecule has 4 heteroatoms. The summed E-state index contributed by atoms with van der Waals surface area (Å²) in [6, 6.07) is 64.7. The third kappa shape index (κ3) is 13.3. The molecule has 2 radical (unpaired) electrons. The molecule has 0 aromatic heterocycles. The Labute approximate surface area is 309 Å². The molecule has 0 saturated heterocycles. The van der Waals surface area contributed by atoms with Crippen molar-refractivity contribution in [2.75, 3.05) is 5.75 Å². The van der Waals surface area contributed by atoms with Crippen molar-refractivity contribution >= 4 is 60.3 Å². The van der Waals surface area contributed by atoms with Gasteiger partial charge in [-0.2, -0.15) is 5.75 Å². The third-order valence-corrected chi connectivity index (χ3v) is 12.1. The van der Waals surface area contributed by atoms with Crippen LogP contribution in [0.1, 0.15) is 13.3 Å². The van der Waals surface area contributed by atoms with Crippen LogP contribution in [0.25, 0.3) is 0 Å². The molecule has 1 aliphatic rings. The van der Waals surface area contributed by atoms with Crippen molar-refractivity contribution in [3.05, 3.63) is 213 Å². The van der Waals surface area contributed by atoms with Gasteiger partial charge in [-0.1, -0.05) is 220 Å². The molecule has 0 saturated carbocycles. The zero-order chi connectivity index (χ0) is 32.8. The van der Waals surface area contributed by atoms with Crippen molar-refractivity contribution in [3.8, 4) is 0 Å². The molecule has 48 heavy (non-hydrogen) atoms. The zero-order valence-corrected chi connectivity index (χ0v) is 31.6. The van der Waals surface area contributed by atoms with Gasteiger partial charge >= 0.3 is 19.5 Å². The summed E-state index contributed by atoms with van der Waals surface area (Å²) in [5.74, 6) is 0.903. The topological polar surface area (TPSA) is 0 Å². The fourth-order valence-electron chi connectivity index (χ4n) is 4.68. The average Bonchev–Trinajstić information content (AvgIpc) is 3.76. The molecule has 0 N–H and O–H groups in total. The Morgan fingerprint density at radius 1 is 0.354 bits per heavy atom. The first-order valence-electron chi connectivity index (χ1n) is 16.0. The van der Waals surface area contributed by atoms with E-state index in [9.17, 15) is 0 Å². The summed E-state index contributed by atoms with van der Waals surface area (Å²) >= 11 is 4.55. The summed E-state index contributed by atoms with van der Waals surface area (Å²) in [6.45, 7) is 2.08. The van der Waals surface area contributed by atoms with Crippen LogP contribution in [-0.4, -0.2) is 5.75 Å². The molecule has 0 bridgehead atoms. The van der Waals surface area contributed by atoms with Crippen molar-refractivity contribution in [1.82, 2.24) is 0 Å². The monoisotopic (exact) mass is 766 g/mol. The second kappa shape index (κ2) is 23.9. The van der Waals surface area contributed by atoms with E-state index in [-0.39, 0.29) is 19.5 Å². The summed E-state index contributed by atoms with van der Waals surface area (Å²) in [7, 11) is -0.892. The van der Waals surface area contributed by atoms with Gasteiger partial charge in [-0.25, -0.2) is 0 Å². The molecule has 0 amide bonds. The summed E-state index contributed by atoms with van der Waals surface area (Å²) in [5.41, 5.74) is 0. The van der Waals surface area contributed by atoms with Gasteiger partial charge in [-0.3, -0.25) is 0 Å². The van der Waals surface area contributed by atoms with Crippen LogP contribution in [0.3, 0.4) is 0 Å². The maximum atomic E-state index is 4.55. The first kappa shape index (κ1) is 39.1. The van der Waals surface area contributed by atoms with E-state index in [4.69, 9.17) is 0 Å². The molecule has 0 fully saturated rings. The summed E-state index contributed by atoms with van der Waals surface area (Å²) < 4.78 is 0. The molecule has 6 aromatic rings. The molecule has 0 aliphatic heterocycles. The van der Waals surface area contributed by atoms with Crippen LogP contribution in [0, 0.1) is 6.42 Å². The maximum Gasteiger partial charge on any atom is 1.00 e. The fraction of sp³-hybridized carbons (Fsp3) is 0.0682. The molecule has 7 rings (SSSR count). The largest absolute Gasteiger partial charge is 1.00 e. The Balaban J connectivity index is 0.000000204. The van der Waals surface area contributed by atoms with E-state index in [0.717, 1.165) is 12.2 Å². The van der Waals surface area contributed by atoms with E-state index in [1.54, 1.807) is 0 Å². The van der Waals surface area contributed by atoms with E-state index < -0.39 is 15.8 Å². The van der Waals surface area contributed by atoms with Crippen LogP contribution in [0.15, 0.2) is 206 Å². The Morgan fingerprint density at radius 3 is 0.667 bits per heavy atom. The minimum absolute atomic E-state index is 0. The van der Waals surface area contributed by atoms with Crippen LogP contribution in [-0.2, 0) is 32.1 Å². The molecular formula is C44H42P2RuS. The van der Waals surface area contributed by atoms with E-state index in [0.29, 0.717) is 0 Å². The Morgan fingerprint density at radius 2 is 0.542 bits per heavy atom. The molecular weight excluding hydrogens is 724 g/mol. The van der Waals surface area contributed by atoms with Crippen molar-refractivity contribution in [2.24, 2.45) is 0 Å². The Bertz CT molecular complexity index is 1380. The van der Waals surface area contributed by atoms with Crippen molar-refractivity contribution in [2.45, 2.75) is 13.3 Å². The zero-order valence-electron chi connectivity index (χ0n) is 27.3. The smallest absolute Gasteiger partial charge is 0.793 e. The van der Waals surface area contributed by atoms with Crippen LogP contribution >= 0.6 is 15.8 Å². The number of hydrogen-bond acceptors (Lipinski definition) is 1. The Kier molecular flexibility index (Phi) is 19.4. The quantitative estimate of drug-likeness (QED) is 0.0889. The first-order chi connectivity index (χ1) is 23.3. The molecule has 6 aromatic carbocycles. The number of rotatable bonds is 7. The van der Waals surface area contributed by atoms with E-state index in [1.807, 2.05) is 30.7 Å². The summed E-state index contributed by atoms with van der Waals surface area (Å²) in [4.78, 5) is 0. The number of allylic oxidation sites excluding steroid dienone is 4. The van der Waals surface area contributed by atoms with E-state index >= 15 is 0 Å².